The lowest BCUT2D eigenvalue weighted by Gasteiger charge is -2.17. The normalized spacial score (nSPS) is 11.6. The van der Waals surface area contributed by atoms with Gasteiger partial charge in [-0.1, -0.05) is 41.4 Å². The van der Waals surface area contributed by atoms with E-state index in [9.17, 15) is 9.59 Å². The molecule has 5 nitrogen and oxygen atoms in total. The average Bonchev–Trinajstić information content (AvgIpc) is 2.59. The third kappa shape index (κ3) is 5.38. The standard InChI is InChI=1S/C19H20Cl2N2O3/c1-12(26-17-9-5-8-16(20)18(17)21)19(25)22-15-7-4-6-14(10-15)11-23(3)13(2)24/h4-10,12H,11H2,1-3H3,(H,22,25). The largest absolute Gasteiger partial charge is 0.479 e. The van der Waals surface area contributed by atoms with E-state index >= 15 is 0 Å². The zero-order valence-electron chi connectivity index (χ0n) is 14.8. The van der Waals surface area contributed by atoms with E-state index in [0.29, 0.717) is 23.0 Å². The summed E-state index contributed by atoms with van der Waals surface area (Å²) in [7, 11) is 1.72. The Morgan fingerprint density at radius 3 is 2.58 bits per heavy atom. The number of nitrogens with one attached hydrogen (secondary N) is 1. The maximum absolute atomic E-state index is 12.4. The number of ether oxygens (including phenoxy) is 1. The molecule has 0 aromatic heterocycles. The summed E-state index contributed by atoms with van der Waals surface area (Å²) in [6, 6.07) is 12.3. The lowest BCUT2D eigenvalue weighted by molar-refractivity contribution is -0.128. The lowest BCUT2D eigenvalue weighted by Crippen LogP contribution is -2.30. The van der Waals surface area contributed by atoms with Gasteiger partial charge in [-0.2, -0.15) is 0 Å². The van der Waals surface area contributed by atoms with E-state index in [0.717, 1.165) is 5.56 Å². The van der Waals surface area contributed by atoms with Crippen molar-refractivity contribution < 1.29 is 14.3 Å². The molecule has 0 aliphatic rings. The second-order valence-electron chi connectivity index (χ2n) is 5.88. The van der Waals surface area contributed by atoms with Crippen molar-refractivity contribution in [2.75, 3.05) is 12.4 Å². The summed E-state index contributed by atoms with van der Waals surface area (Å²) < 4.78 is 5.60. The molecule has 2 rings (SSSR count). The number of nitrogens with zero attached hydrogens (tertiary/aromatic N) is 1. The fourth-order valence-corrected chi connectivity index (χ4v) is 2.53. The minimum absolute atomic E-state index is 0.0279. The van der Waals surface area contributed by atoms with E-state index in [-0.39, 0.29) is 16.8 Å². The highest BCUT2D eigenvalue weighted by atomic mass is 35.5. The molecule has 138 valence electrons. The summed E-state index contributed by atoms with van der Waals surface area (Å²) in [6.45, 7) is 3.59. The number of carbonyl (C=O) groups is 2. The number of benzene rings is 2. The maximum Gasteiger partial charge on any atom is 0.265 e. The third-order valence-electron chi connectivity index (χ3n) is 3.74. The number of carbonyl (C=O) groups excluding carboxylic acids is 2. The molecule has 1 N–H and O–H groups in total. The van der Waals surface area contributed by atoms with Gasteiger partial charge in [-0.05, 0) is 36.8 Å². The Labute approximate surface area is 162 Å². The monoisotopic (exact) mass is 394 g/mol. The van der Waals surface area contributed by atoms with Crippen LogP contribution in [-0.4, -0.2) is 29.9 Å². The van der Waals surface area contributed by atoms with Gasteiger partial charge in [0.1, 0.15) is 10.8 Å². The predicted molar refractivity (Wildman–Crippen MR) is 104 cm³/mol. The van der Waals surface area contributed by atoms with Crippen LogP contribution in [0, 0.1) is 0 Å². The first-order valence-corrected chi connectivity index (χ1v) is 8.75. The van der Waals surface area contributed by atoms with Crippen LogP contribution in [-0.2, 0) is 16.1 Å². The number of amides is 2. The molecular formula is C19H20Cl2N2O3. The molecule has 0 aliphatic heterocycles. The van der Waals surface area contributed by atoms with Crippen molar-refractivity contribution in [1.29, 1.82) is 0 Å². The minimum atomic E-state index is -0.769. The predicted octanol–water partition coefficient (Wildman–Crippen LogP) is 4.38. The smallest absolute Gasteiger partial charge is 0.265 e. The van der Waals surface area contributed by atoms with Gasteiger partial charge in [0.2, 0.25) is 5.91 Å². The van der Waals surface area contributed by atoms with Crippen molar-refractivity contribution in [2.24, 2.45) is 0 Å². The quantitative estimate of drug-likeness (QED) is 0.790. The lowest BCUT2D eigenvalue weighted by atomic mass is 10.2. The fourth-order valence-electron chi connectivity index (χ4n) is 2.20. The molecule has 26 heavy (non-hydrogen) atoms. The first kappa shape index (κ1) is 20.1. The molecule has 0 saturated carbocycles. The van der Waals surface area contributed by atoms with Crippen molar-refractivity contribution in [3.8, 4) is 5.75 Å². The molecule has 0 bridgehead atoms. The van der Waals surface area contributed by atoms with Crippen molar-refractivity contribution in [1.82, 2.24) is 4.90 Å². The van der Waals surface area contributed by atoms with Crippen molar-refractivity contribution in [3.63, 3.8) is 0 Å². The minimum Gasteiger partial charge on any atom is -0.479 e. The van der Waals surface area contributed by atoms with Gasteiger partial charge in [0.15, 0.2) is 6.10 Å². The number of halogens is 2. The molecule has 7 heteroatoms. The van der Waals surface area contributed by atoms with E-state index in [1.165, 1.54) is 6.92 Å². The maximum atomic E-state index is 12.4. The van der Waals surface area contributed by atoms with Gasteiger partial charge in [0.25, 0.3) is 5.91 Å². The van der Waals surface area contributed by atoms with Crippen LogP contribution >= 0.6 is 23.2 Å². The Morgan fingerprint density at radius 1 is 1.19 bits per heavy atom. The van der Waals surface area contributed by atoms with Gasteiger partial charge in [0.05, 0.1) is 5.02 Å². The molecule has 0 radical (unpaired) electrons. The van der Waals surface area contributed by atoms with Crippen LogP contribution in [0.25, 0.3) is 0 Å². The zero-order valence-corrected chi connectivity index (χ0v) is 16.3. The van der Waals surface area contributed by atoms with Crippen LogP contribution in [0.15, 0.2) is 42.5 Å². The Hall–Kier alpha value is -2.24. The Balaban J connectivity index is 2.02. The molecule has 0 fully saturated rings. The van der Waals surface area contributed by atoms with E-state index in [4.69, 9.17) is 27.9 Å². The third-order valence-corrected chi connectivity index (χ3v) is 4.54. The van der Waals surface area contributed by atoms with Gasteiger partial charge < -0.3 is 15.0 Å². The van der Waals surface area contributed by atoms with Crippen molar-refractivity contribution in [3.05, 3.63) is 58.1 Å². The average molecular weight is 395 g/mol. The molecule has 2 aromatic rings. The summed E-state index contributed by atoms with van der Waals surface area (Å²) in [6.07, 6.45) is -0.769. The molecule has 2 amide bonds. The van der Waals surface area contributed by atoms with Crippen LogP contribution in [0.3, 0.4) is 0 Å². The summed E-state index contributed by atoms with van der Waals surface area (Å²) in [4.78, 5) is 25.3. The summed E-state index contributed by atoms with van der Waals surface area (Å²) in [5.74, 6) is -0.00312. The van der Waals surface area contributed by atoms with Crippen molar-refractivity contribution in [2.45, 2.75) is 26.5 Å². The van der Waals surface area contributed by atoms with Crippen LogP contribution in [0.4, 0.5) is 5.69 Å². The molecule has 2 aromatic carbocycles. The number of hydrogen-bond acceptors (Lipinski definition) is 3. The number of hydrogen-bond donors (Lipinski definition) is 1. The van der Waals surface area contributed by atoms with Crippen LogP contribution in [0.2, 0.25) is 10.0 Å². The van der Waals surface area contributed by atoms with Crippen LogP contribution in [0.5, 0.6) is 5.75 Å². The second kappa shape index (κ2) is 8.92. The van der Waals surface area contributed by atoms with Gasteiger partial charge in [-0.15, -0.1) is 0 Å². The SMILES string of the molecule is CC(=O)N(C)Cc1cccc(NC(=O)C(C)Oc2cccc(Cl)c2Cl)c1. The number of rotatable bonds is 6. The summed E-state index contributed by atoms with van der Waals surface area (Å²) >= 11 is 12.0. The summed E-state index contributed by atoms with van der Waals surface area (Å²) in [5, 5.41) is 3.42. The highest BCUT2D eigenvalue weighted by Gasteiger charge is 2.17. The van der Waals surface area contributed by atoms with E-state index < -0.39 is 6.10 Å². The first-order valence-electron chi connectivity index (χ1n) is 8.00. The molecule has 0 aliphatic carbocycles. The summed E-state index contributed by atoms with van der Waals surface area (Å²) in [5.41, 5.74) is 1.53. The first-order chi connectivity index (χ1) is 12.3. The zero-order chi connectivity index (χ0) is 19.3. The van der Waals surface area contributed by atoms with Gasteiger partial charge in [-0.25, -0.2) is 0 Å². The second-order valence-corrected chi connectivity index (χ2v) is 6.66. The molecule has 0 spiro atoms. The molecule has 1 unspecified atom stereocenters. The Kier molecular flexibility index (Phi) is 6.89. The van der Waals surface area contributed by atoms with E-state index in [2.05, 4.69) is 5.32 Å². The van der Waals surface area contributed by atoms with Crippen LogP contribution in [0.1, 0.15) is 19.4 Å². The highest BCUT2D eigenvalue weighted by molar-refractivity contribution is 6.42. The van der Waals surface area contributed by atoms with Crippen LogP contribution < -0.4 is 10.1 Å². The van der Waals surface area contributed by atoms with Gasteiger partial charge in [-0.3, -0.25) is 9.59 Å². The fraction of sp³-hybridized carbons (Fsp3) is 0.263. The number of anilines is 1. The van der Waals surface area contributed by atoms with E-state index in [1.54, 1.807) is 43.1 Å². The molecular weight excluding hydrogens is 375 g/mol. The Morgan fingerprint density at radius 2 is 1.88 bits per heavy atom. The van der Waals surface area contributed by atoms with E-state index in [1.807, 2.05) is 18.2 Å². The highest BCUT2D eigenvalue weighted by Crippen LogP contribution is 2.32. The van der Waals surface area contributed by atoms with Crippen molar-refractivity contribution >= 4 is 40.7 Å². The Bertz CT molecular complexity index is 811. The van der Waals surface area contributed by atoms with Gasteiger partial charge >= 0.3 is 0 Å². The molecule has 0 saturated heterocycles. The topological polar surface area (TPSA) is 58.6 Å². The molecule has 1 atom stereocenters. The van der Waals surface area contributed by atoms with Gasteiger partial charge in [0, 0.05) is 26.2 Å². The molecule has 0 heterocycles.